The quantitative estimate of drug-likeness (QED) is 0.389. The van der Waals surface area contributed by atoms with Gasteiger partial charge in [-0.2, -0.15) is 0 Å². The van der Waals surface area contributed by atoms with Gasteiger partial charge in [-0.15, -0.1) is 0 Å². The lowest BCUT2D eigenvalue weighted by atomic mass is 10.1. The minimum atomic E-state index is -0.204. The molecule has 4 rings (SSSR count). The smallest absolute Gasteiger partial charge is 0.264 e. The summed E-state index contributed by atoms with van der Waals surface area (Å²) in [7, 11) is 1.54. The van der Waals surface area contributed by atoms with Crippen LogP contribution in [-0.2, 0) is 6.54 Å². The highest BCUT2D eigenvalue weighted by Crippen LogP contribution is 2.34. The van der Waals surface area contributed by atoms with E-state index in [1.165, 1.54) is 11.3 Å². The summed E-state index contributed by atoms with van der Waals surface area (Å²) in [6.45, 7) is 2.42. The highest BCUT2D eigenvalue weighted by atomic mass is 35.5. The zero-order valence-electron chi connectivity index (χ0n) is 16.1. The predicted molar refractivity (Wildman–Crippen MR) is 119 cm³/mol. The van der Waals surface area contributed by atoms with Crippen LogP contribution >= 0.6 is 22.9 Å². The molecule has 4 aromatic rings. The average molecular weight is 423 g/mol. The summed E-state index contributed by atoms with van der Waals surface area (Å²) in [6, 6.07) is 21.0. The Kier molecular flexibility index (Phi) is 5.51. The molecule has 0 N–H and O–H groups in total. The van der Waals surface area contributed by atoms with Crippen molar-refractivity contribution in [3.05, 3.63) is 88.4 Å². The molecular formula is C23H19ClN2O2S. The van der Waals surface area contributed by atoms with Gasteiger partial charge in [0.25, 0.3) is 5.91 Å². The Morgan fingerprint density at radius 3 is 2.62 bits per heavy atom. The first-order valence-corrected chi connectivity index (χ1v) is 10.3. The summed E-state index contributed by atoms with van der Waals surface area (Å²) in [6.07, 6.45) is 0. The number of anilines is 1. The molecule has 0 unspecified atom stereocenters. The number of ether oxygens (including phenoxy) is 1. The number of rotatable bonds is 5. The molecular weight excluding hydrogens is 404 g/mol. The summed E-state index contributed by atoms with van der Waals surface area (Å²) in [4.78, 5) is 20.1. The molecule has 1 heterocycles. The summed E-state index contributed by atoms with van der Waals surface area (Å²) in [5.74, 6) is 0.277. The fraction of sp³-hybridized carbons (Fsp3) is 0.130. The van der Waals surface area contributed by atoms with Crippen LogP contribution in [0.1, 0.15) is 21.5 Å². The van der Waals surface area contributed by atoms with E-state index in [0.29, 0.717) is 28.0 Å². The van der Waals surface area contributed by atoms with E-state index in [1.54, 1.807) is 30.2 Å². The highest BCUT2D eigenvalue weighted by Gasteiger charge is 2.25. The molecule has 1 aromatic heterocycles. The summed E-state index contributed by atoms with van der Waals surface area (Å²) >= 11 is 7.67. The normalized spacial score (nSPS) is 10.9. The van der Waals surface area contributed by atoms with Crippen molar-refractivity contribution in [3.63, 3.8) is 0 Å². The lowest BCUT2D eigenvalue weighted by molar-refractivity contribution is 0.0982. The minimum absolute atomic E-state index is 0.204. The number of carbonyl (C=O) groups excluding carboxylic acids is 1. The third kappa shape index (κ3) is 3.97. The lowest BCUT2D eigenvalue weighted by Gasteiger charge is -2.21. The molecule has 0 aliphatic heterocycles. The Hall–Kier alpha value is -2.89. The molecule has 4 nitrogen and oxygen atoms in total. The topological polar surface area (TPSA) is 42.4 Å². The van der Waals surface area contributed by atoms with Crippen molar-refractivity contribution in [2.75, 3.05) is 12.0 Å². The standard InChI is InChI=1S/C23H19ClN2O2S/c1-15-7-6-10-20-21(15)25-23(29-20)26(14-16-8-4-3-5-9-16)22(27)18-13-17(24)11-12-19(18)28-2/h3-13H,14H2,1-2H3. The van der Waals surface area contributed by atoms with Gasteiger partial charge in [0.05, 0.1) is 29.4 Å². The third-order valence-corrected chi connectivity index (χ3v) is 5.94. The maximum atomic E-state index is 13.6. The highest BCUT2D eigenvalue weighted by molar-refractivity contribution is 7.22. The molecule has 0 radical (unpaired) electrons. The molecule has 0 spiro atoms. The third-order valence-electron chi connectivity index (χ3n) is 4.66. The van der Waals surface area contributed by atoms with E-state index in [2.05, 4.69) is 0 Å². The number of hydrogen-bond acceptors (Lipinski definition) is 4. The van der Waals surface area contributed by atoms with Crippen LogP contribution in [0.2, 0.25) is 5.02 Å². The van der Waals surface area contributed by atoms with Crippen molar-refractivity contribution in [1.29, 1.82) is 0 Å². The second kappa shape index (κ2) is 8.23. The van der Waals surface area contributed by atoms with Crippen LogP contribution < -0.4 is 9.64 Å². The number of benzene rings is 3. The fourth-order valence-corrected chi connectivity index (χ4v) is 4.39. The number of amides is 1. The van der Waals surface area contributed by atoms with Crippen LogP contribution in [0, 0.1) is 6.92 Å². The fourth-order valence-electron chi connectivity index (χ4n) is 3.17. The maximum absolute atomic E-state index is 13.6. The molecule has 0 fully saturated rings. The van der Waals surface area contributed by atoms with Gasteiger partial charge in [0.1, 0.15) is 5.75 Å². The van der Waals surface area contributed by atoms with Gasteiger partial charge in [0, 0.05) is 5.02 Å². The molecule has 0 bridgehead atoms. The largest absolute Gasteiger partial charge is 0.496 e. The van der Waals surface area contributed by atoms with E-state index in [4.69, 9.17) is 21.3 Å². The number of para-hydroxylation sites is 1. The average Bonchev–Trinajstić information content (AvgIpc) is 3.17. The zero-order chi connectivity index (χ0) is 20.4. The number of fused-ring (bicyclic) bond motifs is 1. The monoisotopic (exact) mass is 422 g/mol. The molecule has 0 saturated carbocycles. The molecule has 1 amide bonds. The lowest BCUT2D eigenvalue weighted by Crippen LogP contribution is -2.30. The van der Waals surface area contributed by atoms with E-state index in [9.17, 15) is 4.79 Å². The predicted octanol–water partition coefficient (Wildman–Crippen LogP) is 6.11. The van der Waals surface area contributed by atoms with Gasteiger partial charge in [-0.1, -0.05) is 65.4 Å². The molecule has 29 heavy (non-hydrogen) atoms. The van der Waals surface area contributed by atoms with E-state index < -0.39 is 0 Å². The number of halogens is 1. The molecule has 0 saturated heterocycles. The van der Waals surface area contributed by atoms with Gasteiger partial charge in [-0.3, -0.25) is 9.69 Å². The van der Waals surface area contributed by atoms with Gasteiger partial charge in [0.2, 0.25) is 0 Å². The Balaban J connectivity index is 1.82. The summed E-state index contributed by atoms with van der Waals surface area (Å²) in [5.41, 5.74) is 3.42. The first kappa shape index (κ1) is 19.4. The van der Waals surface area contributed by atoms with Crippen molar-refractivity contribution in [2.45, 2.75) is 13.5 Å². The molecule has 0 aliphatic carbocycles. The zero-order valence-corrected chi connectivity index (χ0v) is 17.6. The first-order valence-electron chi connectivity index (χ1n) is 9.12. The van der Waals surface area contributed by atoms with Crippen LogP contribution in [0.3, 0.4) is 0 Å². The van der Waals surface area contributed by atoms with E-state index in [1.807, 2.05) is 55.5 Å². The number of hydrogen-bond donors (Lipinski definition) is 0. The number of nitrogens with zero attached hydrogens (tertiary/aromatic N) is 2. The second-order valence-electron chi connectivity index (χ2n) is 6.64. The molecule has 3 aromatic carbocycles. The van der Waals surface area contributed by atoms with Crippen molar-refractivity contribution < 1.29 is 9.53 Å². The summed E-state index contributed by atoms with van der Waals surface area (Å²) < 4.78 is 6.46. The van der Waals surface area contributed by atoms with Gasteiger partial charge < -0.3 is 4.74 Å². The SMILES string of the molecule is COc1ccc(Cl)cc1C(=O)N(Cc1ccccc1)c1nc2c(C)cccc2s1. The summed E-state index contributed by atoms with van der Waals surface area (Å²) in [5, 5.41) is 1.12. The van der Waals surface area contributed by atoms with Crippen LogP contribution in [0.5, 0.6) is 5.75 Å². The number of carbonyl (C=O) groups is 1. The van der Waals surface area contributed by atoms with Gasteiger partial charge in [-0.25, -0.2) is 4.98 Å². The van der Waals surface area contributed by atoms with Crippen molar-refractivity contribution in [2.24, 2.45) is 0 Å². The van der Waals surface area contributed by atoms with Crippen LogP contribution in [0.15, 0.2) is 66.7 Å². The van der Waals surface area contributed by atoms with Crippen LogP contribution in [0.25, 0.3) is 10.2 Å². The molecule has 146 valence electrons. The molecule has 0 atom stereocenters. The van der Waals surface area contributed by atoms with Crippen molar-refractivity contribution in [1.82, 2.24) is 4.98 Å². The Bertz CT molecular complexity index is 1170. The molecule has 6 heteroatoms. The van der Waals surface area contributed by atoms with E-state index in [-0.39, 0.29) is 5.91 Å². The number of aryl methyl sites for hydroxylation is 1. The minimum Gasteiger partial charge on any atom is -0.496 e. The number of aromatic nitrogens is 1. The Morgan fingerprint density at radius 1 is 1.10 bits per heavy atom. The maximum Gasteiger partial charge on any atom is 0.264 e. The van der Waals surface area contributed by atoms with Crippen LogP contribution in [0.4, 0.5) is 5.13 Å². The van der Waals surface area contributed by atoms with Crippen molar-refractivity contribution >= 4 is 44.2 Å². The Labute approximate surface area is 178 Å². The van der Waals surface area contributed by atoms with Gasteiger partial charge in [0.15, 0.2) is 5.13 Å². The molecule has 0 aliphatic rings. The van der Waals surface area contributed by atoms with Crippen LogP contribution in [-0.4, -0.2) is 18.0 Å². The van der Waals surface area contributed by atoms with E-state index in [0.717, 1.165) is 21.3 Å². The van der Waals surface area contributed by atoms with Gasteiger partial charge in [-0.05, 0) is 42.3 Å². The second-order valence-corrected chi connectivity index (χ2v) is 8.09. The van der Waals surface area contributed by atoms with Crippen molar-refractivity contribution in [3.8, 4) is 5.75 Å². The number of thiazole rings is 1. The van der Waals surface area contributed by atoms with Gasteiger partial charge >= 0.3 is 0 Å². The van der Waals surface area contributed by atoms with E-state index >= 15 is 0 Å². The first-order chi connectivity index (χ1) is 14.1. The number of methoxy groups -OCH3 is 1. The Morgan fingerprint density at radius 2 is 1.90 bits per heavy atom.